The van der Waals surface area contributed by atoms with Crippen LogP contribution in [-0.2, 0) is 25.7 Å². The summed E-state index contributed by atoms with van der Waals surface area (Å²) in [6.45, 7) is 4.31. The number of amides is 2. The number of allylic oxidation sites excluding steroid dienone is 1. The van der Waals surface area contributed by atoms with Crippen LogP contribution in [0.2, 0.25) is 0 Å². The normalized spacial score (nSPS) is 22.6. The molecule has 0 bridgehead atoms. The number of non-ortho nitro benzene ring substituents is 1. The topological polar surface area (TPSA) is 230 Å². The first-order chi connectivity index (χ1) is 35.6. The second kappa shape index (κ2) is 26.8. The number of unbranched alkanes of at least 4 members (excludes halogenated alkanes) is 2. The van der Waals surface area contributed by atoms with Gasteiger partial charge in [-0.05, 0) is 103 Å². The first-order valence-electron chi connectivity index (χ1n) is 25.7. The number of nitro benzene ring substituents is 1. The molecule has 2 fully saturated rings. The van der Waals surface area contributed by atoms with Crippen LogP contribution in [0.5, 0.6) is 23.0 Å². The predicted molar refractivity (Wildman–Crippen MR) is 273 cm³/mol. The summed E-state index contributed by atoms with van der Waals surface area (Å²) in [6, 6.07) is 15.5. The number of rotatable bonds is 28. The molecule has 2 amide bonds. The third-order valence-corrected chi connectivity index (χ3v) is 14.7. The number of nitrogens with one attached hydrogen (secondary N) is 1. The minimum atomic E-state index is -1.55. The zero-order valence-corrected chi connectivity index (χ0v) is 42.1. The molecule has 4 aliphatic rings. The molecule has 18 nitrogen and oxygen atoms in total. The molecule has 3 aliphatic carbocycles. The third kappa shape index (κ3) is 13.4. The number of aliphatic hydroxyl groups is 3. The van der Waals surface area contributed by atoms with E-state index in [9.17, 15) is 30.2 Å². The Bertz CT molecular complexity index is 2390. The number of hydrogen-bond acceptors (Lipinski definition) is 15. The van der Waals surface area contributed by atoms with Gasteiger partial charge in [-0.3, -0.25) is 20.2 Å². The van der Waals surface area contributed by atoms with Crippen LogP contribution >= 0.6 is 0 Å². The molecule has 1 heterocycles. The number of fused-ring (bicyclic) bond motifs is 2. The van der Waals surface area contributed by atoms with Crippen molar-refractivity contribution in [3.63, 3.8) is 0 Å². The van der Waals surface area contributed by atoms with Gasteiger partial charge in [0.05, 0.1) is 62.9 Å². The average molecular weight is 1010 g/mol. The maximum absolute atomic E-state index is 15.1. The number of carbonyl (C=O) groups is 2. The fraction of sp³-hybridized carbons (Fsp3) is 0.545. The van der Waals surface area contributed by atoms with Crippen LogP contribution in [0.1, 0.15) is 101 Å². The van der Waals surface area contributed by atoms with E-state index in [-0.39, 0.29) is 94.8 Å². The summed E-state index contributed by atoms with van der Waals surface area (Å²) in [5, 5.41) is 48.9. The Morgan fingerprint density at radius 2 is 1.68 bits per heavy atom. The monoisotopic (exact) mass is 1010 g/mol. The number of oxime groups is 1. The Hall–Kier alpha value is -6.05. The van der Waals surface area contributed by atoms with Crippen molar-refractivity contribution in [2.75, 3.05) is 65.7 Å². The lowest BCUT2D eigenvalue weighted by Crippen LogP contribution is -2.70. The van der Waals surface area contributed by atoms with Gasteiger partial charge in [-0.15, -0.1) is 6.58 Å². The van der Waals surface area contributed by atoms with Crippen LogP contribution in [0, 0.1) is 33.8 Å². The lowest BCUT2D eigenvalue weighted by Gasteiger charge is -2.60. The van der Waals surface area contributed by atoms with E-state index in [1.807, 2.05) is 11.0 Å². The minimum absolute atomic E-state index is 0.00111. The zero-order chi connectivity index (χ0) is 51.7. The molecule has 0 radical (unpaired) electrons. The van der Waals surface area contributed by atoms with Crippen LogP contribution in [0.3, 0.4) is 0 Å². The molecule has 18 heteroatoms. The largest absolute Gasteiger partial charge is 0.497 e. The van der Waals surface area contributed by atoms with Gasteiger partial charge in [0, 0.05) is 62.3 Å². The molecule has 7 rings (SSSR count). The second-order valence-corrected chi connectivity index (χ2v) is 19.2. The first kappa shape index (κ1) is 54.7. The van der Waals surface area contributed by atoms with Crippen LogP contribution in [0.25, 0.3) is 0 Å². The fourth-order valence-corrected chi connectivity index (χ4v) is 11.3. The number of anilines is 1. The lowest BCUT2D eigenvalue weighted by molar-refractivity contribution is -0.384. The molecule has 3 aromatic carbocycles. The van der Waals surface area contributed by atoms with Gasteiger partial charge in [0.1, 0.15) is 35.6 Å². The highest BCUT2D eigenvalue weighted by Crippen LogP contribution is 2.62. The van der Waals surface area contributed by atoms with E-state index in [0.29, 0.717) is 72.2 Å². The Morgan fingerprint density at radius 3 is 2.38 bits per heavy atom. The Morgan fingerprint density at radius 1 is 0.932 bits per heavy atom. The smallest absolute Gasteiger partial charge is 0.417 e. The lowest BCUT2D eigenvalue weighted by atomic mass is 9.55. The Labute approximate surface area is 427 Å². The molecule has 73 heavy (non-hydrogen) atoms. The van der Waals surface area contributed by atoms with E-state index in [1.165, 1.54) is 26.4 Å². The zero-order valence-electron chi connectivity index (χ0n) is 42.1. The van der Waals surface area contributed by atoms with E-state index in [2.05, 4.69) is 18.0 Å². The number of aliphatic hydroxyl groups excluding tert-OH is 3. The number of benzene rings is 3. The van der Waals surface area contributed by atoms with Crippen LogP contribution in [-0.4, -0.2) is 115 Å². The number of nitrogens with zero attached hydrogens (tertiary/aromatic N) is 3. The molecule has 4 N–H and O–H groups in total. The van der Waals surface area contributed by atoms with E-state index in [1.54, 1.807) is 48.5 Å². The van der Waals surface area contributed by atoms with Crippen molar-refractivity contribution in [1.82, 2.24) is 4.90 Å². The maximum Gasteiger partial charge on any atom is 0.417 e. The van der Waals surface area contributed by atoms with Crippen LogP contribution < -0.4 is 24.3 Å². The number of hydrogen-bond donors (Lipinski definition) is 4. The summed E-state index contributed by atoms with van der Waals surface area (Å²) in [6.07, 6.45) is 12.7. The molecule has 0 aromatic heterocycles. The molecule has 1 aliphatic heterocycles. The van der Waals surface area contributed by atoms with Crippen LogP contribution in [0.4, 0.5) is 16.2 Å². The molecule has 3 aromatic rings. The third-order valence-electron chi connectivity index (χ3n) is 14.7. The molecular formula is C55H72N4O14. The summed E-state index contributed by atoms with van der Waals surface area (Å²) in [7, 11) is 3.02. The van der Waals surface area contributed by atoms with Crippen molar-refractivity contribution < 1.29 is 63.1 Å². The van der Waals surface area contributed by atoms with Gasteiger partial charge in [-0.25, -0.2) is 4.79 Å². The van der Waals surface area contributed by atoms with Gasteiger partial charge in [-0.2, -0.15) is 0 Å². The number of ether oxygens (including phenoxy) is 6. The molecule has 6 atom stereocenters. The van der Waals surface area contributed by atoms with Crippen LogP contribution in [0.15, 0.2) is 90.1 Å². The van der Waals surface area contributed by atoms with Crippen molar-refractivity contribution in [3.8, 4) is 23.0 Å². The fourth-order valence-electron chi connectivity index (χ4n) is 11.3. The first-order valence-corrected chi connectivity index (χ1v) is 25.7. The SMILES string of the molecule is C=CCOC12Oc3ccc(OC(=O)Nc4ccc(OC)cc4OC)cc3C3C(CCCCO)C(CCCCO)C=C(C(=NOCc4ccc([N+](=O)[O-])cc4)CC1N(CCOCCO)C(=O)CCC1CCCC1)C32. The molecule has 2 saturated carbocycles. The van der Waals surface area contributed by atoms with Gasteiger partial charge < -0.3 is 53.5 Å². The molecule has 6 unspecified atom stereocenters. The van der Waals surface area contributed by atoms with E-state index < -0.39 is 34.7 Å². The Balaban J connectivity index is 1.38. The summed E-state index contributed by atoms with van der Waals surface area (Å²) < 4.78 is 37.3. The summed E-state index contributed by atoms with van der Waals surface area (Å²) in [5.41, 5.74) is 3.10. The van der Waals surface area contributed by atoms with Gasteiger partial charge in [-0.1, -0.05) is 55.8 Å². The highest BCUT2D eigenvalue weighted by atomic mass is 16.7. The summed E-state index contributed by atoms with van der Waals surface area (Å²) in [4.78, 5) is 47.8. The van der Waals surface area contributed by atoms with Gasteiger partial charge >= 0.3 is 6.09 Å². The van der Waals surface area contributed by atoms with Gasteiger partial charge in [0.15, 0.2) is 0 Å². The highest BCUT2D eigenvalue weighted by molar-refractivity contribution is 6.03. The van der Waals surface area contributed by atoms with E-state index >= 15 is 4.79 Å². The quantitative estimate of drug-likeness (QED) is 0.0231. The minimum Gasteiger partial charge on any atom is -0.497 e. The van der Waals surface area contributed by atoms with Crippen molar-refractivity contribution in [1.29, 1.82) is 0 Å². The number of carbonyl (C=O) groups excluding carboxylic acids is 2. The van der Waals surface area contributed by atoms with E-state index in [4.69, 9.17) is 38.4 Å². The van der Waals surface area contributed by atoms with Crippen molar-refractivity contribution in [2.45, 2.75) is 108 Å². The maximum atomic E-state index is 15.1. The van der Waals surface area contributed by atoms with E-state index in [0.717, 1.165) is 49.7 Å². The van der Waals surface area contributed by atoms with Gasteiger partial charge in [0.2, 0.25) is 11.7 Å². The summed E-state index contributed by atoms with van der Waals surface area (Å²) >= 11 is 0. The molecule has 0 saturated heterocycles. The number of nitro groups is 1. The molecule has 396 valence electrons. The predicted octanol–water partition coefficient (Wildman–Crippen LogP) is 8.86. The molecular weight excluding hydrogens is 941 g/mol. The highest BCUT2D eigenvalue weighted by Gasteiger charge is 2.65. The summed E-state index contributed by atoms with van der Waals surface area (Å²) in [5.74, 6) is -0.823. The Kier molecular flexibility index (Phi) is 20.1. The number of methoxy groups -OCH3 is 2. The van der Waals surface area contributed by atoms with Gasteiger partial charge in [0.25, 0.3) is 5.69 Å². The van der Waals surface area contributed by atoms with Crippen molar-refractivity contribution >= 4 is 29.1 Å². The second-order valence-electron chi connectivity index (χ2n) is 19.2. The van der Waals surface area contributed by atoms with Crippen molar-refractivity contribution in [3.05, 3.63) is 106 Å². The van der Waals surface area contributed by atoms with Crippen molar-refractivity contribution in [2.24, 2.45) is 28.8 Å². The molecule has 0 spiro atoms. The standard InChI is InChI=1S/C55H72N4O14/c1-4-29-70-55-50(58(25-30-69-31-28-62)51(63)24-17-37-11-5-6-12-37)35-47(57-71-36-38-15-18-40(19-16-38)59(65)66)44-32-39(13-7-9-26-60)43(14-8-10-27-61)52(53(44)55)45-33-42(21-23-48(45)73-55)72-54(64)56-46-22-20-41(67-2)34-49(46)68-3/h4,15-16,18-23,32-34,37,39,43,50,52-53,60-62H,1,5-14,17,24-31,35-36H2,2-3H3,(H,56,64). The average Bonchev–Trinajstić information content (AvgIpc) is 3.93.